The van der Waals surface area contributed by atoms with Crippen molar-refractivity contribution in [3.05, 3.63) is 40.9 Å². The maximum Gasteiger partial charge on any atom is 0.0888 e. The third kappa shape index (κ3) is 1.50. The van der Waals surface area contributed by atoms with Crippen LogP contribution in [-0.2, 0) is 0 Å². The second kappa shape index (κ2) is 3.14. The molecule has 3 heteroatoms. The Labute approximate surface area is 93.1 Å². The fraction of sp³-hybridized carbons (Fsp3) is 0.154. The Kier molecular flexibility index (Phi) is 1.87. The molecule has 16 heavy (non-hydrogen) atoms. The summed E-state index contributed by atoms with van der Waals surface area (Å²) in [7, 11) is 0. The minimum Gasteiger partial charge on any atom is -0.310 e. The maximum atomic E-state index is 5.89. The van der Waals surface area contributed by atoms with Crippen molar-refractivity contribution in [3.63, 3.8) is 0 Å². The van der Waals surface area contributed by atoms with Crippen LogP contribution in [0.4, 0.5) is 0 Å². The van der Waals surface area contributed by atoms with Crippen molar-refractivity contribution >= 4 is 23.1 Å². The minimum absolute atomic E-state index is 0.653. The molecule has 0 saturated heterocycles. The van der Waals surface area contributed by atoms with Crippen LogP contribution in [0.3, 0.4) is 0 Å². The first-order valence-electron chi connectivity index (χ1n) is 5.31. The number of rotatable bonds is 0. The molecule has 0 radical (unpaired) electrons. The summed E-state index contributed by atoms with van der Waals surface area (Å²) in [6, 6.07) is 10.2. The smallest absolute Gasteiger partial charge is 0.0888 e. The van der Waals surface area contributed by atoms with E-state index < -0.39 is 5.66 Å². The Bertz CT molecular complexity index is 671. The van der Waals surface area contributed by atoms with Crippen LogP contribution in [0, 0.1) is 0 Å². The number of nitrogens with zero attached hydrogens (tertiary/aromatic N) is 1. The molecule has 0 bridgehead atoms. The molecule has 0 fully saturated rings. The summed E-state index contributed by atoms with van der Waals surface area (Å²) in [5.74, 6) is 0. The van der Waals surface area contributed by atoms with E-state index in [-0.39, 0.29) is 0 Å². The molecule has 0 saturated carbocycles. The Balaban J connectivity index is 2.41. The van der Waals surface area contributed by atoms with Gasteiger partial charge < -0.3 is 11.5 Å². The molecule has 1 heterocycles. The lowest BCUT2D eigenvalue weighted by atomic mass is 10.0. The second-order valence-corrected chi connectivity index (χ2v) is 4.32. The molecule has 1 aromatic carbocycles. The fourth-order valence-corrected chi connectivity index (χ4v) is 2.03. The second-order valence-electron chi connectivity index (χ2n) is 4.32. The van der Waals surface area contributed by atoms with Gasteiger partial charge in [0.2, 0.25) is 0 Å². The Morgan fingerprint density at radius 3 is 2.88 bits per heavy atom. The maximum absolute atomic E-state index is 5.89. The topological polar surface area (TPSA) is 64.9 Å². The number of hydrogen-bond acceptors (Lipinski definition) is 3. The van der Waals surface area contributed by atoms with Gasteiger partial charge in [0.15, 0.2) is 0 Å². The van der Waals surface area contributed by atoms with E-state index >= 15 is 0 Å². The normalized spacial score (nSPS) is 17.4. The lowest BCUT2D eigenvalue weighted by molar-refractivity contribution is 0.603. The molecule has 0 spiro atoms. The molecular weight excluding hydrogens is 198 g/mol. The summed E-state index contributed by atoms with van der Waals surface area (Å²) < 4.78 is 0. The lowest BCUT2D eigenvalue weighted by Crippen LogP contribution is -2.52. The van der Waals surface area contributed by atoms with E-state index in [1.165, 1.54) is 0 Å². The van der Waals surface area contributed by atoms with E-state index in [0.717, 1.165) is 21.5 Å². The van der Waals surface area contributed by atoms with Crippen molar-refractivity contribution in [1.29, 1.82) is 0 Å². The zero-order valence-corrected chi connectivity index (χ0v) is 8.85. The summed E-state index contributed by atoms with van der Waals surface area (Å²) in [6.07, 6.45) is 4.55. The fourth-order valence-electron chi connectivity index (χ4n) is 2.03. The summed E-state index contributed by atoms with van der Waals surface area (Å²) >= 11 is 0. The van der Waals surface area contributed by atoms with Crippen molar-refractivity contribution in [2.24, 2.45) is 11.5 Å². The molecular formula is C13H13N3. The third-order valence-electron chi connectivity index (χ3n) is 2.87. The van der Waals surface area contributed by atoms with Gasteiger partial charge in [-0.15, -0.1) is 0 Å². The van der Waals surface area contributed by atoms with Crippen molar-refractivity contribution < 1.29 is 0 Å². The predicted octanol–water partition coefficient (Wildman–Crippen LogP) is -0.187. The first-order chi connectivity index (χ1) is 7.64. The first-order valence-corrected chi connectivity index (χ1v) is 5.31. The van der Waals surface area contributed by atoms with Crippen LogP contribution in [0.15, 0.2) is 30.3 Å². The lowest BCUT2D eigenvalue weighted by Gasteiger charge is -2.20. The zero-order valence-electron chi connectivity index (χ0n) is 8.85. The number of nitrogens with two attached hydrogens (primary N) is 2. The van der Waals surface area contributed by atoms with Crippen LogP contribution < -0.4 is 22.0 Å². The van der Waals surface area contributed by atoms with Gasteiger partial charge in [-0.3, -0.25) is 0 Å². The van der Waals surface area contributed by atoms with Gasteiger partial charge in [0.1, 0.15) is 0 Å². The number of fused-ring (bicyclic) bond motifs is 2. The van der Waals surface area contributed by atoms with Crippen LogP contribution in [0.2, 0.25) is 0 Å². The largest absolute Gasteiger partial charge is 0.310 e. The van der Waals surface area contributed by atoms with E-state index in [9.17, 15) is 0 Å². The molecule has 1 aliphatic rings. The number of pyridine rings is 1. The monoisotopic (exact) mass is 211 g/mol. The molecule has 0 amide bonds. The van der Waals surface area contributed by atoms with Crippen molar-refractivity contribution in [3.8, 4) is 0 Å². The van der Waals surface area contributed by atoms with Gasteiger partial charge in [-0.25, -0.2) is 4.98 Å². The number of para-hydroxylation sites is 1. The standard InChI is InChI=1S/C13H13N3/c14-13(15)6-5-10-7-9-3-1-2-4-11(9)16-12(10)8-13/h1-5,7-8H,6,14-15H2. The summed E-state index contributed by atoms with van der Waals surface area (Å²) in [5.41, 5.74) is 12.0. The zero-order chi connectivity index (χ0) is 11.2. The Morgan fingerprint density at radius 1 is 1.19 bits per heavy atom. The highest BCUT2D eigenvalue weighted by Gasteiger charge is 2.16. The van der Waals surface area contributed by atoms with Gasteiger partial charge in [-0.2, -0.15) is 0 Å². The molecule has 0 unspecified atom stereocenters. The summed E-state index contributed by atoms with van der Waals surface area (Å²) in [4.78, 5) is 4.56. The highest BCUT2D eigenvalue weighted by molar-refractivity contribution is 5.78. The SMILES string of the molecule is NC1(N)C=c2nc3ccccc3cc2=CC1. The van der Waals surface area contributed by atoms with Crippen LogP contribution in [0.5, 0.6) is 0 Å². The molecule has 2 aromatic rings. The molecule has 4 N–H and O–H groups in total. The summed E-state index contributed by atoms with van der Waals surface area (Å²) in [6.45, 7) is 0. The van der Waals surface area contributed by atoms with E-state index in [1.807, 2.05) is 24.3 Å². The van der Waals surface area contributed by atoms with E-state index in [0.29, 0.717) is 6.42 Å². The molecule has 3 nitrogen and oxygen atoms in total. The van der Waals surface area contributed by atoms with Crippen LogP contribution in [-0.4, -0.2) is 10.6 Å². The average molecular weight is 211 g/mol. The van der Waals surface area contributed by atoms with Gasteiger partial charge in [-0.05, 0) is 23.4 Å². The highest BCUT2D eigenvalue weighted by Crippen LogP contribution is 2.08. The van der Waals surface area contributed by atoms with E-state index in [1.54, 1.807) is 0 Å². The predicted molar refractivity (Wildman–Crippen MR) is 65.6 cm³/mol. The van der Waals surface area contributed by atoms with Crippen molar-refractivity contribution in [2.45, 2.75) is 12.1 Å². The van der Waals surface area contributed by atoms with Crippen molar-refractivity contribution in [1.82, 2.24) is 4.98 Å². The Hall–Kier alpha value is -1.71. The van der Waals surface area contributed by atoms with Gasteiger partial charge in [0.05, 0.1) is 16.5 Å². The van der Waals surface area contributed by atoms with Crippen molar-refractivity contribution in [2.75, 3.05) is 0 Å². The van der Waals surface area contributed by atoms with Crippen LogP contribution in [0.25, 0.3) is 23.1 Å². The average Bonchev–Trinajstić information content (AvgIpc) is 2.25. The van der Waals surface area contributed by atoms with Gasteiger partial charge in [0.25, 0.3) is 0 Å². The minimum atomic E-state index is -0.761. The quantitative estimate of drug-likeness (QED) is 0.594. The molecule has 3 rings (SSSR count). The number of aromatic nitrogens is 1. The Morgan fingerprint density at radius 2 is 2.00 bits per heavy atom. The number of hydrogen-bond donors (Lipinski definition) is 2. The molecule has 0 aliphatic heterocycles. The molecule has 1 aromatic heterocycles. The van der Waals surface area contributed by atoms with Crippen LogP contribution in [0.1, 0.15) is 6.42 Å². The third-order valence-corrected chi connectivity index (χ3v) is 2.87. The number of benzene rings is 1. The van der Waals surface area contributed by atoms with Gasteiger partial charge >= 0.3 is 0 Å². The first kappa shape index (κ1) is 9.51. The highest BCUT2D eigenvalue weighted by atomic mass is 14.9. The van der Waals surface area contributed by atoms with E-state index in [4.69, 9.17) is 11.5 Å². The van der Waals surface area contributed by atoms with Gasteiger partial charge in [-0.1, -0.05) is 24.3 Å². The summed E-state index contributed by atoms with van der Waals surface area (Å²) in [5, 5.41) is 3.15. The van der Waals surface area contributed by atoms with Gasteiger partial charge in [0, 0.05) is 11.8 Å². The van der Waals surface area contributed by atoms with Crippen LogP contribution >= 0.6 is 0 Å². The molecule has 0 atom stereocenters. The van der Waals surface area contributed by atoms with E-state index in [2.05, 4.69) is 23.2 Å². The molecule has 1 aliphatic carbocycles. The molecule has 80 valence electrons.